The molecule has 5 aromatic carbocycles. The highest BCUT2D eigenvalue weighted by molar-refractivity contribution is 5.88. The quantitative estimate of drug-likeness (QED) is 0.191. The molecule has 0 aromatic heterocycles. The fourth-order valence-electron chi connectivity index (χ4n) is 11.8. The predicted octanol–water partition coefficient (Wildman–Crippen LogP) is 13.0. The van der Waals surface area contributed by atoms with E-state index in [1.807, 2.05) is 0 Å². The second-order valence-electron chi connectivity index (χ2n) is 17.6. The van der Waals surface area contributed by atoms with E-state index < -0.39 is 0 Å². The summed E-state index contributed by atoms with van der Waals surface area (Å²) in [6.45, 7) is 9.79. The molecule has 252 valence electrons. The average Bonchev–Trinajstić information content (AvgIpc) is 3.12. The summed E-state index contributed by atoms with van der Waals surface area (Å²) in [4.78, 5) is 2.57. The first-order valence-corrected chi connectivity index (χ1v) is 19.2. The molecule has 0 saturated heterocycles. The van der Waals surface area contributed by atoms with Crippen LogP contribution in [0.4, 0.5) is 17.1 Å². The van der Waals surface area contributed by atoms with Crippen molar-refractivity contribution in [1.29, 1.82) is 0 Å². The van der Waals surface area contributed by atoms with Crippen LogP contribution in [-0.2, 0) is 16.2 Å². The summed E-state index contributed by atoms with van der Waals surface area (Å²) < 4.78 is 7.35. The van der Waals surface area contributed by atoms with Crippen LogP contribution >= 0.6 is 0 Å². The van der Waals surface area contributed by atoms with Gasteiger partial charge in [-0.05, 0) is 138 Å². The maximum atomic E-state index is 7.35. The summed E-state index contributed by atoms with van der Waals surface area (Å²) in [5, 5.41) is 0. The molecule has 0 unspecified atom stereocenters. The van der Waals surface area contributed by atoms with Crippen LogP contribution in [-0.4, -0.2) is 0 Å². The number of fused-ring (bicyclic) bond motifs is 3. The fourth-order valence-corrected chi connectivity index (χ4v) is 11.8. The van der Waals surface area contributed by atoms with E-state index in [4.69, 9.17) is 4.74 Å². The van der Waals surface area contributed by atoms with E-state index in [0.29, 0.717) is 11.8 Å². The Bertz CT molecular complexity index is 2080. The second kappa shape index (κ2) is 10.8. The summed E-state index contributed by atoms with van der Waals surface area (Å²) in [6.07, 6.45) is 9.14. The van der Waals surface area contributed by atoms with Crippen molar-refractivity contribution in [2.75, 3.05) is 4.90 Å². The SMILES string of the molecule is CC1(C)CCC(C)(C)c2c(N(c3ccccc3)c3cc(-c4ccccc4)cc4c3Oc3ccccc3C43C4CC5CC(C4)CC3C5)cccc21. The number of rotatable bonds is 4. The van der Waals surface area contributed by atoms with Gasteiger partial charge in [0.15, 0.2) is 5.75 Å². The molecule has 0 radical (unpaired) electrons. The molecular formula is C48H49NO. The molecule has 0 atom stereocenters. The van der Waals surface area contributed by atoms with Crippen molar-refractivity contribution in [1.82, 2.24) is 0 Å². The van der Waals surface area contributed by atoms with Crippen molar-refractivity contribution in [2.24, 2.45) is 23.7 Å². The van der Waals surface area contributed by atoms with Gasteiger partial charge in [-0.1, -0.05) is 107 Å². The minimum atomic E-state index is -0.0448. The molecule has 4 fully saturated rings. The highest BCUT2D eigenvalue weighted by atomic mass is 16.5. The van der Waals surface area contributed by atoms with E-state index in [0.717, 1.165) is 35.4 Å². The summed E-state index contributed by atoms with van der Waals surface area (Å²) in [5.74, 6) is 5.14. The molecule has 6 aliphatic rings. The van der Waals surface area contributed by atoms with Crippen LogP contribution in [0.1, 0.15) is 94.9 Å². The Morgan fingerprint density at radius 2 is 1.16 bits per heavy atom. The Hall–Kier alpha value is -4.30. The lowest BCUT2D eigenvalue weighted by Gasteiger charge is -2.63. The van der Waals surface area contributed by atoms with Crippen LogP contribution in [0, 0.1) is 23.7 Å². The van der Waals surface area contributed by atoms with Crippen molar-refractivity contribution in [2.45, 2.75) is 88.9 Å². The highest BCUT2D eigenvalue weighted by Crippen LogP contribution is 2.70. The van der Waals surface area contributed by atoms with E-state index in [1.165, 1.54) is 83.3 Å². The van der Waals surface area contributed by atoms with Gasteiger partial charge in [-0.3, -0.25) is 0 Å². The second-order valence-corrected chi connectivity index (χ2v) is 17.6. The molecule has 4 saturated carbocycles. The molecule has 1 heterocycles. The number of benzene rings is 5. The summed E-state index contributed by atoms with van der Waals surface area (Å²) in [7, 11) is 0. The Kier molecular flexibility index (Phi) is 6.62. The van der Waals surface area contributed by atoms with Crippen molar-refractivity contribution in [3.63, 3.8) is 0 Å². The molecule has 1 aliphatic heterocycles. The van der Waals surface area contributed by atoms with Gasteiger partial charge in [-0.2, -0.15) is 0 Å². The first-order valence-electron chi connectivity index (χ1n) is 19.2. The molecular weight excluding hydrogens is 607 g/mol. The predicted molar refractivity (Wildman–Crippen MR) is 206 cm³/mol. The molecule has 1 spiro atoms. The lowest BCUT2D eigenvalue weighted by atomic mass is 9.41. The van der Waals surface area contributed by atoms with E-state index in [9.17, 15) is 0 Å². The van der Waals surface area contributed by atoms with Gasteiger partial charge >= 0.3 is 0 Å². The number of hydrogen-bond donors (Lipinski definition) is 0. The van der Waals surface area contributed by atoms with Gasteiger partial charge in [0.05, 0.1) is 11.4 Å². The normalized spacial score (nSPS) is 27.6. The largest absolute Gasteiger partial charge is 0.455 e. The Morgan fingerprint density at radius 3 is 1.88 bits per heavy atom. The van der Waals surface area contributed by atoms with E-state index in [2.05, 4.69) is 148 Å². The minimum absolute atomic E-state index is 0.0294. The van der Waals surface area contributed by atoms with Crippen LogP contribution in [0.5, 0.6) is 11.5 Å². The van der Waals surface area contributed by atoms with Crippen LogP contribution in [0.3, 0.4) is 0 Å². The minimum Gasteiger partial charge on any atom is -0.455 e. The zero-order valence-corrected chi connectivity index (χ0v) is 30.1. The zero-order valence-electron chi connectivity index (χ0n) is 30.1. The monoisotopic (exact) mass is 655 g/mol. The number of para-hydroxylation sites is 2. The maximum absolute atomic E-state index is 7.35. The summed E-state index contributed by atoms with van der Waals surface area (Å²) in [5.41, 5.74) is 12.0. The molecule has 11 rings (SSSR count). The Morgan fingerprint density at radius 1 is 0.540 bits per heavy atom. The van der Waals surface area contributed by atoms with Crippen molar-refractivity contribution in [3.8, 4) is 22.6 Å². The van der Waals surface area contributed by atoms with Gasteiger partial charge in [0.2, 0.25) is 0 Å². The van der Waals surface area contributed by atoms with Gasteiger partial charge < -0.3 is 9.64 Å². The lowest BCUT2D eigenvalue weighted by Crippen LogP contribution is -2.57. The molecule has 0 amide bonds. The van der Waals surface area contributed by atoms with Gasteiger partial charge in [-0.25, -0.2) is 0 Å². The number of ether oxygens (including phenoxy) is 1. The molecule has 0 N–H and O–H groups in total. The third-order valence-corrected chi connectivity index (χ3v) is 13.9. The number of nitrogens with zero attached hydrogens (tertiary/aromatic N) is 1. The number of anilines is 3. The maximum Gasteiger partial charge on any atom is 0.155 e. The van der Waals surface area contributed by atoms with Gasteiger partial charge in [0.1, 0.15) is 5.75 Å². The Labute approximate surface area is 298 Å². The van der Waals surface area contributed by atoms with Gasteiger partial charge in [0, 0.05) is 22.2 Å². The first-order chi connectivity index (χ1) is 24.2. The number of hydrogen-bond acceptors (Lipinski definition) is 2. The molecule has 5 aliphatic carbocycles. The molecule has 4 bridgehead atoms. The van der Waals surface area contributed by atoms with Crippen molar-refractivity contribution in [3.05, 3.63) is 138 Å². The highest BCUT2D eigenvalue weighted by Gasteiger charge is 2.61. The third kappa shape index (κ3) is 4.33. The lowest BCUT2D eigenvalue weighted by molar-refractivity contribution is -0.0451. The molecule has 2 nitrogen and oxygen atoms in total. The summed E-state index contributed by atoms with van der Waals surface area (Å²) >= 11 is 0. The van der Waals surface area contributed by atoms with Crippen LogP contribution in [0.2, 0.25) is 0 Å². The topological polar surface area (TPSA) is 12.5 Å². The molecule has 2 heteroatoms. The van der Waals surface area contributed by atoms with E-state index >= 15 is 0 Å². The van der Waals surface area contributed by atoms with Crippen LogP contribution < -0.4 is 9.64 Å². The first kappa shape index (κ1) is 30.5. The van der Waals surface area contributed by atoms with E-state index in [1.54, 1.807) is 0 Å². The van der Waals surface area contributed by atoms with Gasteiger partial charge in [0.25, 0.3) is 0 Å². The van der Waals surface area contributed by atoms with Gasteiger partial charge in [-0.15, -0.1) is 0 Å². The van der Waals surface area contributed by atoms with Crippen LogP contribution in [0.25, 0.3) is 11.1 Å². The van der Waals surface area contributed by atoms with Crippen molar-refractivity contribution >= 4 is 17.1 Å². The summed E-state index contributed by atoms with van der Waals surface area (Å²) in [6, 6.07) is 43.4. The van der Waals surface area contributed by atoms with E-state index in [-0.39, 0.29) is 16.2 Å². The average molecular weight is 656 g/mol. The standard InChI is InChI=1S/C48H49NO/c1-46(2)22-23-47(3,4)44-39(46)19-13-20-41(44)49(37-16-9-6-10-17-37)42-30-34(33-14-7-5-8-15-33)29-40-45(42)50-43-21-12-11-18-38(43)48(40)35-25-31-24-32(27-35)28-36(48)26-31/h5-21,29-32,35-36H,22-28H2,1-4H3. The molecule has 5 aromatic rings. The third-order valence-electron chi connectivity index (χ3n) is 13.9. The molecule has 50 heavy (non-hydrogen) atoms. The fraction of sp³-hybridized carbons (Fsp3) is 0.375. The smallest absolute Gasteiger partial charge is 0.155 e. The zero-order chi connectivity index (χ0) is 33.8. The van der Waals surface area contributed by atoms with Crippen molar-refractivity contribution < 1.29 is 4.74 Å². The van der Waals surface area contributed by atoms with Crippen LogP contribution in [0.15, 0.2) is 115 Å². The Balaban J connectivity index is 1.31.